The predicted molar refractivity (Wildman–Crippen MR) is 458 cm³/mol. The van der Waals surface area contributed by atoms with E-state index >= 15 is 0 Å². The topological polar surface area (TPSA) is 92.1 Å². The first-order chi connectivity index (χ1) is 55.0. The van der Waals surface area contributed by atoms with E-state index in [0.29, 0.717) is 11.8 Å². The van der Waals surface area contributed by atoms with E-state index in [4.69, 9.17) is 24.9 Å². The van der Waals surface area contributed by atoms with Crippen LogP contribution in [0, 0.1) is 0 Å². The molecule has 0 aliphatic heterocycles. The van der Waals surface area contributed by atoms with Gasteiger partial charge >= 0.3 is 0 Å². The van der Waals surface area contributed by atoms with Gasteiger partial charge in [-0.1, -0.05) is 297 Å². The fourth-order valence-corrected chi connectivity index (χ4v) is 15.2. The van der Waals surface area contributed by atoms with Crippen molar-refractivity contribution in [3.8, 4) is 119 Å². The fraction of sp³-hybridized carbons (Fsp3) is 0. The summed E-state index contributed by atoms with van der Waals surface area (Å²) >= 11 is 0. The second kappa shape index (κ2) is 29.7. The number of para-hydroxylation sites is 5. The molecule has 6 aromatic heterocycles. The van der Waals surface area contributed by atoms with Gasteiger partial charge in [-0.05, 0) is 143 Å². The first-order valence-corrected chi connectivity index (χ1v) is 37.3. The molecule has 0 aliphatic carbocycles. The number of aromatic nitrogens is 9. The Morgan fingerprint density at radius 2 is 0.468 bits per heavy atom. The highest BCUT2D eigenvalue weighted by molar-refractivity contribution is 6.12. The van der Waals surface area contributed by atoms with Crippen LogP contribution in [0.25, 0.3) is 184 Å². The van der Waals surface area contributed by atoms with Gasteiger partial charge in [0.15, 0.2) is 11.6 Å². The molecule has 21 aromatic rings. The summed E-state index contributed by atoms with van der Waals surface area (Å²) in [5.41, 5.74) is 26.3. The van der Waals surface area contributed by atoms with Crippen LogP contribution in [0.2, 0.25) is 0 Å². The Morgan fingerprint density at radius 1 is 0.162 bits per heavy atom. The fourth-order valence-electron chi connectivity index (χ4n) is 15.2. The maximum atomic E-state index is 5.13. The lowest BCUT2D eigenvalue weighted by molar-refractivity contribution is 0.992. The van der Waals surface area contributed by atoms with Crippen LogP contribution in [0.5, 0.6) is 0 Å². The highest BCUT2D eigenvalue weighted by Gasteiger charge is 2.19. The Morgan fingerprint density at radius 3 is 0.937 bits per heavy atom. The summed E-state index contributed by atoms with van der Waals surface area (Å²) in [7, 11) is 0. The van der Waals surface area contributed by atoms with Crippen LogP contribution in [-0.4, -0.2) is 43.6 Å². The van der Waals surface area contributed by atoms with Gasteiger partial charge in [0.1, 0.15) is 0 Å². The molecule has 21 rings (SSSR count). The van der Waals surface area contributed by atoms with Crippen LogP contribution in [0.4, 0.5) is 0 Å². The Kier molecular flexibility index (Phi) is 17.8. The van der Waals surface area contributed by atoms with Crippen LogP contribution >= 0.6 is 0 Å². The lowest BCUT2D eigenvalue weighted by Crippen LogP contribution is -2.01. The van der Waals surface area contributed by atoms with Gasteiger partial charge in [-0.2, -0.15) is 0 Å². The highest BCUT2D eigenvalue weighted by Crippen LogP contribution is 2.39. The summed E-state index contributed by atoms with van der Waals surface area (Å²) in [5.74, 6) is 2.11. The van der Waals surface area contributed by atoms with Gasteiger partial charge in [-0.15, -0.1) is 0 Å². The number of rotatable bonds is 12. The zero-order valence-corrected chi connectivity index (χ0v) is 60.4. The van der Waals surface area contributed by atoms with Gasteiger partial charge in [0, 0.05) is 89.5 Å². The summed E-state index contributed by atoms with van der Waals surface area (Å²) in [6, 6.07) is 142. The minimum absolute atomic E-state index is 0.659. The van der Waals surface area contributed by atoms with Crippen molar-refractivity contribution in [1.29, 1.82) is 0 Å². The van der Waals surface area contributed by atoms with E-state index in [1.54, 1.807) is 0 Å². The third-order valence-corrected chi connectivity index (χ3v) is 20.6. The van der Waals surface area contributed by atoms with Gasteiger partial charge in [0.2, 0.25) is 5.95 Å². The molecule has 0 fully saturated rings. The van der Waals surface area contributed by atoms with Crippen LogP contribution in [-0.2, 0) is 0 Å². The molecule has 0 radical (unpaired) electrons. The van der Waals surface area contributed by atoms with Crippen LogP contribution in [0.1, 0.15) is 0 Å². The SMILES string of the molecule is c1ccc(-c2cc(-c3ccccc3)nc(-c3ccc(-n4c5ccccc5c5ccccc54)cc3)n2)cc1.c1ccc(-c2ccc(-c3cccc(-c4ccnc(-n5c6ccccc6c6ccc(-c7ccccc7)cc65)n4)c3)cc2)cc1.c1ccc(-c2ccnc(-c3ccc(-n4c5ccccc5c5ccccc54)cc3)n2)cc1. The summed E-state index contributed by atoms with van der Waals surface area (Å²) in [4.78, 5) is 29.2. The number of benzene rings is 15. The zero-order valence-electron chi connectivity index (χ0n) is 60.4. The van der Waals surface area contributed by atoms with Gasteiger partial charge in [-0.3, -0.25) is 4.57 Å². The highest BCUT2D eigenvalue weighted by atomic mass is 15.2. The average molecular weight is 1420 g/mol. The van der Waals surface area contributed by atoms with Crippen molar-refractivity contribution < 1.29 is 0 Å². The number of nitrogens with zero attached hydrogens (tertiary/aromatic N) is 9. The zero-order chi connectivity index (χ0) is 73.8. The normalized spacial score (nSPS) is 11.2. The smallest absolute Gasteiger partial charge is 0.235 e. The summed E-state index contributed by atoms with van der Waals surface area (Å²) in [6.07, 6.45) is 3.69. The van der Waals surface area contributed by atoms with Gasteiger partial charge < -0.3 is 9.13 Å². The molecule has 522 valence electrons. The summed E-state index contributed by atoms with van der Waals surface area (Å²) < 4.78 is 6.83. The Hall–Kier alpha value is -15.1. The van der Waals surface area contributed by atoms with Crippen LogP contribution < -0.4 is 0 Å². The minimum atomic E-state index is 0.659. The molecular weight excluding hydrogens is 1350 g/mol. The lowest BCUT2D eigenvalue weighted by atomic mass is 9.98. The molecule has 9 nitrogen and oxygen atoms in total. The quantitative estimate of drug-likeness (QED) is 0.121. The second-order valence-electron chi connectivity index (χ2n) is 27.4. The molecule has 0 atom stereocenters. The van der Waals surface area contributed by atoms with E-state index in [2.05, 4.69) is 346 Å². The third-order valence-electron chi connectivity index (χ3n) is 20.6. The van der Waals surface area contributed by atoms with E-state index < -0.39 is 0 Å². The Labute approximate surface area is 642 Å². The molecule has 0 unspecified atom stereocenters. The molecular formula is C102H69N9. The molecule has 6 heterocycles. The van der Waals surface area contributed by atoms with Crippen molar-refractivity contribution in [3.05, 3.63) is 419 Å². The molecule has 0 N–H and O–H groups in total. The van der Waals surface area contributed by atoms with Crippen molar-refractivity contribution in [1.82, 2.24) is 43.6 Å². The minimum Gasteiger partial charge on any atom is -0.309 e. The lowest BCUT2D eigenvalue weighted by Gasteiger charge is -2.11. The van der Waals surface area contributed by atoms with Crippen molar-refractivity contribution in [2.45, 2.75) is 0 Å². The first-order valence-electron chi connectivity index (χ1n) is 37.3. The molecule has 0 aliphatic rings. The predicted octanol–water partition coefficient (Wildman–Crippen LogP) is 25.7. The number of fused-ring (bicyclic) bond motifs is 9. The monoisotopic (exact) mass is 1420 g/mol. The largest absolute Gasteiger partial charge is 0.309 e. The van der Waals surface area contributed by atoms with Crippen LogP contribution in [0.3, 0.4) is 0 Å². The van der Waals surface area contributed by atoms with E-state index in [1.165, 1.54) is 82.2 Å². The standard InChI is InChI=1S/C40H27N3.C34H23N3.C28H19N3/c1-3-10-28(11-4-1)30-18-20-31(21-19-30)32-14-9-15-34(26-32)37-24-25-41-40(42-37)43-38-17-8-7-16-35(38)36-23-22-33(27-39(36)43)29-12-5-2-6-13-29;1-3-11-24(12-4-1)30-23-31(25-13-5-2-6-14-25)36-34(35-30)26-19-21-27(22-20-26)37-32-17-9-7-15-28(32)29-16-8-10-18-33(29)37;1-2-8-20(9-3-1)25-18-19-29-28(30-25)21-14-16-22(17-15-21)31-26-12-6-4-10-23(26)24-11-5-7-13-27(24)31/h1-27H;1-23H;1-19H. The molecule has 9 heteroatoms. The molecule has 0 bridgehead atoms. The van der Waals surface area contributed by atoms with Crippen molar-refractivity contribution in [2.24, 2.45) is 0 Å². The van der Waals surface area contributed by atoms with Crippen molar-refractivity contribution >= 4 is 65.4 Å². The van der Waals surface area contributed by atoms with E-state index in [9.17, 15) is 0 Å². The maximum absolute atomic E-state index is 5.13. The second-order valence-corrected chi connectivity index (χ2v) is 27.4. The Balaban J connectivity index is 0.000000114. The molecule has 111 heavy (non-hydrogen) atoms. The maximum Gasteiger partial charge on any atom is 0.235 e. The van der Waals surface area contributed by atoms with E-state index in [-0.39, 0.29) is 0 Å². The van der Waals surface area contributed by atoms with Crippen molar-refractivity contribution in [2.75, 3.05) is 0 Å². The van der Waals surface area contributed by atoms with Gasteiger partial charge in [-0.25, -0.2) is 29.9 Å². The molecule has 0 saturated carbocycles. The molecule has 0 spiro atoms. The summed E-state index contributed by atoms with van der Waals surface area (Å²) in [5, 5.41) is 7.42. The summed E-state index contributed by atoms with van der Waals surface area (Å²) in [6.45, 7) is 0. The van der Waals surface area contributed by atoms with Gasteiger partial charge in [0.05, 0.1) is 55.9 Å². The van der Waals surface area contributed by atoms with E-state index in [0.717, 1.165) is 90.0 Å². The number of hydrogen-bond acceptors (Lipinski definition) is 6. The first kappa shape index (κ1) is 66.6. The molecule has 0 amide bonds. The average Bonchev–Trinajstić information content (AvgIpc) is 1.42. The third kappa shape index (κ3) is 13.2. The molecule has 0 saturated heterocycles. The van der Waals surface area contributed by atoms with Crippen LogP contribution in [0.15, 0.2) is 419 Å². The van der Waals surface area contributed by atoms with Crippen molar-refractivity contribution in [3.63, 3.8) is 0 Å². The van der Waals surface area contributed by atoms with Gasteiger partial charge in [0.25, 0.3) is 0 Å². The Bertz CT molecular complexity index is 6730. The van der Waals surface area contributed by atoms with E-state index in [1.807, 2.05) is 91.3 Å². The molecule has 15 aromatic carbocycles. The number of hydrogen-bond donors (Lipinski definition) is 0.